The van der Waals surface area contributed by atoms with Gasteiger partial charge in [-0.1, -0.05) is 29.8 Å². The molecule has 3 rings (SSSR count). The first-order chi connectivity index (χ1) is 13.3. The van der Waals surface area contributed by atoms with Gasteiger partial charge in [0.15, 0.2) is 5.11 Å². The van der Waals surface area contributed by atoms with E-state index in [1.165, 1.54) is 0 Å². The van der Waals surface area contributed by atoms with Gasteiger partial charge in [-0.25, -0.2) is 0 Å². The van der Waals surface area contributed by atoms with Crippen LogP contribution in [0, 0.1) is 6.92 Å². The summed E-state index contributed by atoms with van der Waals surface area (Å²) < 4.78 is 0. The van der Waals surface area contributed by atoms with Crippen molar-refractivity contribution in [2.24, 2.45) is 0 Å². The fourth-order valence-corrected chi connectivity index (χ4v) is 3.57. The summed E-state index contributed by atoms with van der Waals surface area (Å²) >= 11 is 11.4. The molecular formula is C21H23ClN4OS. The smallest absolute Gasteiger partial charge is 0.255 e. The Morgan fingerprint density at radius 3 is 2.46 bits per heavy atom. The van der Waals surface area contributed by atoms with Crippen LogP contribution in [-0.4, -0.2) is 25.1 Å². The van der Waals surface area contributed by atoms with E-state index in [1.54, 1.807) is 12.1 Å². The summed E-state index contributed by atoms with van der Waals surface area (Å²) in [7, 11) is 3.98. The van der Waals surface area contributed by atoms with Gasteiger partial charge in [-0.3, -0.25) is 4.79 Å². The van der Waals surface area contributed by atoms with Crippen LogP contribution in [0.25, 0.3) is 0 Å². The van der Waals surface area contributed by atoms with Crippen LogP contribution in [0.3, 0.4) is 0 Å². The van der Waals surface area contributed by atoms with Gasteiger partial charge < -0.3 is 20.9 Å². The van der Waals surface area contributed by atoms with Crippen molar-refractivity contribution in [2.45, 2.75) is 19.9 Å². The predicted molar refractivity (Wildman–Crippen MR) is 120 cm³/mol. The van der Waals surface area contributed by atoms with E-state index >= 15 is 0 Å². The van der Waals surface area contributed by atoms with Crippen LogP contribution in [0.5, 0.6) is 0 Å². The lowest BCUT2D eigenvalue weighted by atomic mass is 9.94. The molecule has 0 saturated carbocycles. The van der Waals surface area contributed by atoms with Crippen LogP contribution < -0.4 is 20.9 Å². The Morgan fingerprint density at radius 1 is 1.14 bits per heavy atom. The van der Waals surface area contributed by atoms with E-state index in [1.807, 2.05) is 63.2 Å². The summed E-state index contributed by atoms with van der Waals surface area (Å²) in [6, 6.07) is 13.1. The molecule has 2 aromatic rings. The third-order valence-electron chi connectivity index (χ3n) is 4.70. The highest BCUT2D eigenvalue weighted by Gasteiger charge is 2.30. The summed E-state index contributed by atoms with van der Waals surface area (Å²) in [5.74, 6) is -0.202. The standard InChI is InChI=1S/C21H23ClN4OS/c1-12-5-8-15(22)11-17(12)24-20(27)18-13(2)23-21(28)25-19(18)14-6-9-16(10-7-14)26(3)4/h5-11,19H,1-4H3,(H,24,27)(H2,23,25,28)/t19-/m1/s1. The van der Waals surface area contributed by atoms with Crippen molar-refractivity contribution in [1.29, 1.82) is 0 Å². The zero-order valence-corrected chi connectivity index (χ0v) is 17.8. The first-order valence-electron chi connectivity index (χ1n) is 8.89. The van der Waals surface area contributed by atoms with Crippen LogP contribution in [0.1, 0.15) is 24.1 Å². The summed E-state index contributed by atoms with van der Waals surface area (Å²) in [5.41, 5.74) is 4.99. The largest absolute Gasteiger partial charge is 0.378 e. The highest BCUT2D eigenvalue weighted by atomic mass is 35.5. The van der Waals surface area contributed by atoms with Gasteiger partial charge in [0, 0.05) is 36.2 Å². The Morgan fingerprint density at radius 2 is 1.82 bits per heavy atom. The van der Waals surface area contributed by atoms with Crippen molar-refractivity contribution in [3.8, 4) is 0 Å². The van der Waals surface area contributed by atoms with Gasteiger partial charge in [-0.15, -0.1) is 0 Å². The van der Waals surface area contributed by atoms with Crippen LogP contribution in [0.15, 0.2) is 53.7 Å². The molecule has 1 aliphatic rings. The van der Waals surface area contributed by atoms with Gasteiger partial charge in [0.05, 0.1) is 11.6 Å². The molecule has 1 aliphatic heterocycles. The lowest BCUT2D eigenvalue weighted by Crippen LogP contribution is -2.45. The molecule has 1 atom stereocenters. The van der Waals surface area contributed by atoms with E-state index in [0.717, 1.165) is 22.5 Å². The minimum atomic E-state index is -0.343. The van der Waals surface area contributed by atoms with E-state index < -0.39 is 0 Å². The third kappa shape index (κ3) is 4.29. The quantitative estimate of drug-likeness (QED) is 0.656. The Bertz CT molecular complexity index is 953. The van der Waals surface area contributed by atoms with Gasteiger partial charge in [-0.05, 0) is 61.5 Å². The number of halogens is 1. The number of amides is 1. The van der Waals surface area contributed by atoms with Gasteiger partial charge in [-0.2, -0.15) is 0 Å². The zero-order valence-electron chi connectivity index (χ0n) is 16.3. The lowest BCUT2D eigenvalue weighted by Gasteiger charge is -2.30. The molecule has 2 aromatic carbocycles. The number of nitrogens with zero attached hydrogens (tertiary/aromatic N) is 1. The molecule has 7 heteroatoms. The molecule has 146 valence electrons. The second-order valence-electron chi connectivity index (χ2n) is 6.97. The number of carbonyl (C=O) groups excluding carboxylic acids is 1. The van der Waals surface area contributed by atoms with Crippen LogP contribution in [0.2, 0.25) is 5.02 Å². The number of rotatable bonds is 4. The normalized spacial score (nSPS) is 16.3. The molecule has 3 N–H and O–H groups in total. The second kappa shape index (κ2) is 8.20. The molecule has 5 nitrogen and oxygen atoms in total. The average Bonchev–Trinajstić information content (AvgIpc) is 2.64. The zero-order chi connectivity index (χ0) is 20.4. The Labute approximate surface area is 175 Å². The Balaban J connectivity index is 1.95. The molecule has 0 bridgehead atoms. The van der Waals surface area contributed by atoms with Crippen molar-refractivity contribution in [3.63, 3.8) is 0 Å². The maximum Gasteiger partial charge on any atom is 0.255 e. The second-order valence-corrected chi connectivity index (χ2v) is 7.81. The van der Waals surface area contributed by atoms with E-state index in [-0.39, 0.29) is 11.9 Å². The van der Waals surface area contributed by atoms with Crippen LogP contribution >= 0.6 is 23.8 Å². The van der Waals surface area contributed by atoms with E-state index in [9.17, 15) is 4.79 Å². The number of aryl methyl sites for hydroxylation is 1. The molecule has 28 heavy (non-hydrogen) atoms. The fourth-order valence-electron chi connectivity index (χ4n) is 3.13. The van der Waals surface area contributed by atoms with E-state index in [0.29, 0.717) is 21.4 Å². The lowest BCUT2D eigenvalue weighted by molar-refractivity contribution is -0.113. The van der Waals surface area contributed by atoms with Crippen molar-refractivity contribution < 1.29 is 4.79 Å². The maximum atomic E-state index is 13.2. The number of thiocarbonyl (C=S) groups is 1. The van der Waals surface area contributed by atoms with Crippen molar-refractivity contribution in [1.82, 2.24) is 10.6 Å². The Kier molecular flexibility index (Phi) is 5.91. The molecule has 0 unspecified atom stereocenters. The number of hydrogen-bond acceptors (Lipinski definition) is 3. The number of benzene rings is 2. The monoisotopic (exact) mass is 414 g/mol. The summed E-state index contributed by atoms with van der Waals surface area (Å²) in [6.07, 6.45) is 0. The molecule has 0 fully saturated rings. The summed E-state index contributed by atoms with van der Waals surface area (Å²) in [4.78, 5) is 15.2. The van der Waals surface area contributed by atoms with Gasteiger partial charge >= 0.3 is 0 Å². The minimum Gasteiger partial charge on any atom is -0.378 e. The Hall–Kier alpha value is -2.57. The topological polar surface area (TPSA) is 56.4 Å². The van der Waals surface area contributed by atoms with Crippen LogP contribution in [-0.2, 0) is 4.79 Å². The number of anilines is 2. The average molecular weight is 415 g/mol. The molecule has 1 amide bonds. The highest BCUT2D eigenvalue weighted by Crippen LogP contribution is 2.30. The van der Waals surface area contributed by atoms with Crippen molar-refractivity contribution >= 4 is 46.2 Å². The number of nitrogens with one attached hydrogen (secondary N) is 3. The number of hydrogen-bond donors (Lipinski definition) is 3. The first-order valence-corrected chi connectivity index (χ1v) is 9.68. The van der Waals surface area contributed by atoms with E-state index in [2.05, 4.69) is 16.0 Å². The third-order valence-corrected chi connectivity index (χ3v) is 5.16. The molecule has 0 aliphatic carbocycles. The number of allylic oxidation sites excluding steroid dienone is 1. The molecule has 0 aromatic heterocycles. The van der Waals surface area contributed by atoms with Crippen molar-refractivity contribution in [2.75, 3.05) is 24.3 Å². The summed E-state index contributed by atoms with van der Waals surface area (Å²) in [5, 5.41) is 10.3. The molecular weight excluding hydrogens is 392 g/mol. The molecule has 1 heterocycles. The maximum absolute atomic E-state index is 13.2. The number of carbonyl (C=O) groups is 1. The van der Waals surface area contributed by atoms with Crippen LogP contribution in [0.4, 0.5) is 11.4 Å². The molecule has 0 spiro atoms. The fraction of sp³-hybridized carbons (Fsp3) is 0.238. The molecule has 0 radical (unpaired) electrons. The minimum absolute atomic E-state index is 0.202. The SMILES string of the molecule is CC1=C(C(=O)Nc2cc(Cl)ccc2C)[C@@H](c2ccc(N(C)C)cc2)NC(=S)N1. The highest BCUT2D eigenvalue weighted by molar-refractivity contribution is 7.80. The van der Waals surface area contributed by atoms with E-state index in [4.69, 9.17) is 23.8 Å². The van der Waals surface area contributed by atoms with Gasteiger partial charge in [0.2, 0.25) is 0 Å². The summed E-state index contributed by atoms with van der Waals surface area (Å²) in [6.45, 7) is 3.78. The predicted octanol–water partition coefficient (Wildman–Crippen LogP) is 4.15. The van der Waals surface area contributed by atoms with Gasteiger partial charge in [0.25, 0.3) is 5.91 Å². The first kappa shape index (κ1) is 20.2. The molecule has 0 saturated heterocycles. The van der Waals surface area contributed by atoms with Crippen molar-refractivity contribution in [3.05, 3.63) is 69.9 Å². The van der Waals surface area contributed by atoms with Gasteiger partial charge in [0.1, 0.15) is 0 Å².